The third-order valence-electron chi connectivity index (χ3n) is 15.7. The van der Waals surface area contributed by atoms with E-state index in [1.165, 1.54) is 77.1 Å². The van der Waals surface area contributed by atoms with Crippen LogP contribution in [0.3, 0.4) is 0 Å². The fourth-order valence-corrected chi connectivity index (χ4v) is 12.2. The lowest BCUT2D eigenvalue weighted by molar-refractivity contribution is 0.660. The first kappa shape index (κ1) is 41.4. The number of hydrogen-bond acceptors (Lipinski definition) is 2. The van der Waals surface area contributed by atoms with E-state index in [2.05, 4.69) is 264 Å². The highest BCUT2D eigenvalue weighted by Gasteiger charge is 2.37. The second kappa shape index (κ2) is 15.8. The van der Waals surface area contributed by atoms with Crippen LogP contribution >= 0.6 is 0 Å². The molecule has 0 saturated carbocycles. The number of para-hydroxylation sites is 5. The van der Waals surface area contributed by atoms with Gasteiger partial charge in [-0.2, -0.15) is 0 Å². The average Bonchev–Trinajstić information content (AvgIpc) is 4.16. The van der Waals surface area contributed by atoms with Crippen LogP contribution in [0.1, 0.15) is 25.0 Å². The number of hydrogen-bond donors (Lipinski definition) is 0. The van der Waals surface area contributed by atoms with Gasteiger partial charge >= 0.3 is 0 Å². The van der Waals surface area contributed by atoms with Gasteiger partial charge in [0.05, 0.1) is 22.1 Å². The molecule has 0 atom stereocenters. The van der Waals surface area contributed by atoms with E-state index in [9.17, 15) is 0 Å². The van der Waals surface area contributed by atoms with E-state index in [0.29, 0.717) is 0 Å². The summed E-state index contributed by atoms with van der Waals surface area (Å²) in [6.07, 6.45) is 0. The zero-order chi connectivity index (χ0) is 48.4. The number of benzene rings is 11. The Bertz CT molecular complexity index is 4460. The number of nitrogens with zero attached hydrogens (tertiary/aromatic N) is 3. The predicted octanol–water partition coefficient (Wildman–Crippen LogP) is 18.9. The van der Waals surface area contributed by atoms with Crippen LogP contribution in [-0.2, 0) is 5.41 Å². The third-order valence-corrected chi connectivity index (χ3v) is 15.7. The molecule has 4 nitrogen and oxygen atoms in total. The van der Waals surface area contributed by atoms with Gasteiger partial charge in [0, 0.05) is 66.2 Å². The van der Waals surface area contributed by atoms with Gasteiger partial charge in [0.25, 0.3) is 0 Å². The van der Waals surface area contributed by atoms with Crippen LogP contribution in [-0.4, -0.2) is 9.13 Å². The van der Waals surface area contributed by atoms with E-state index < -0.39 is 0 Å². The molecule has 0 N–H and O–H groups in total. The van der Waals surface area contributed by atoms with Gasteiger partial charge in [0.2, 0.25) is 0 Å². The summed E-state index contributed by atoms with van der Waals surface area (Å²) in [5.41, 5.74) is 21.9. The van der Waals surface area contributed by atoms with Crippen LogP contribution in [0.15, 0.2) is 253 Å². The summed E-state index contributed by atoms with van der Waals surface area (Å²) in [5.74, 6) is 0. The topological polar surface area (TPSA) is 26.2 Å². The second-order valence-corrected chi connectivity index (χ2v) is 20.1. The van der Waals surface area contributed by atoms with Crippen LogP contribution in [0.2, 0.25) is 0 Å². The maximum atomic E-state index is 6.19. The van der Waals surface area contributed by atoms with Crippen molar-refractivity contribution in [3.8, 4) is 44.8 Å². The number of aromatic nitrogens is 2. The Morgan fingerprint density at radius 1 is 0.315 bits per heavy atom. The van der Waals surface area contributed by atoms with E-state index >= 15 is 0 Å². The Hall–Kier alpha value is -9.38. The zero-order valence-corrected chi connectivity index (χ0v) is 40.4. The van der Waals surface area contributed by atoms with Gasteiger partial charge in [-0.25, -0.2) is 0 Å². The lowest BCUT2D eigenvalue weighted by Crippen LogP contribution is -2.17. The van der Waals surface area contributed by atoms with Crippen LogP contribution < -0.4 is 4.90 Å². The molecule has 15 rings (SSSR count). The molecule has 11 aromatic carbocycles. The first-order valence-electron chi connectivity index (χ1n) is 25.2. The van der Waals surface area contributed by atoms with E-state index in [1.807, 2.05) is 12.1 Å². The molecule has 3 aromatic heterocycles. The summed E-state index contributed by atoms with van der Waals surface area (Å²) in [5, 5.41) is 7.30. The molecule has 4 heteroatoms. The average molecular weight is 934 g/mol. The molecule has 0 radical (unpaired) electrons. The second-order valence-electron chi connectivity index (χ2n) is 20.1. The number of furan rings is 1. The van der Waals surface area contributed by atoms with E-state index in [-0.39, 0.29) is 5.41 Å². The fraction of sp³-hybridized carbons (Fsp3) is 0.0435. The number of anilines is 3. The normalized spacial score (nSPS) is 12.9. The molecular formula is C69H47N3O. The van der Waals surface area contributed by atoms with Crippen molar-refractivity contribution in [2.45, 2.75) is 19.3 Å². The molecule has 0 spiro atoms. The van der Waals surface area contributed by atoms with Gasteiger partial charge in [-0.15, -0.1) is 0 Å². The molecule has 0 bridgehead atoms. The van der Waals surface area contributed by atoms with Gasteiger partial charge in [-0.05, 0) is 148 Å². The lowest BCUT2D eigenvalue weighted by Gasteiger charge is -2.28. The zero-order valence-electron chi connectivity index (χ0n) is 40.4. The highest BCUT2D eigenvalue weighted by Crippen LogP contribution is 2.52. The Morgan fingerprint density at radius 2 is 0.781 bits per heavy atom. The van der Waals surface area contributed by atoms with Crippen molar-refractivity contribution < 1.29 is 4.42 Å². The summed E-state index contributed by atoms with van der Waals surface area (Å²) < 4.78 is 11.0. The van der Waals surface area contributed by atoms with Crippen LogP contribution in [0.5, 0.6) is 0 Å². The summed E-state index contributed by atoms with van der Waals surface area (Å²) >= 11 is 0. The highest BCUT2D eigenvalue weighted by molar-refractivity contribution is 6.11. The van der Waals surface area contributed by atoms with Gasteiger partial charge in [-0.1, -0.05) is 159 Å². The molecule has 0 unspecified atom stereocenters. The Labute approximate surface area is 422 Å². The summed E-state index contributed by atoms with van der Waals surface area (Å²) in [6.45, 7) is 4.78. The monoisotopic (exact) mass is 933 g/mol. The lowest BCUT2D eigenvalue weighted by atomic mass is 9.82. The quantitative estimate of drug-likeness (QED) is 0.159. The van der Waals surface area contributed by atoms with Gasteiger partial charge < -0.3 is 18.5 Å². The molecular weight excluding hydrogens is 887 g/mol. The van der Waals surface area contributed by atoms with Crippen molar-refractivity contribution in [1.29, 1.82) is 0 Å². The minimum atomic E-state index is -0.258. The highest BCUT2D eigenvalue weighted by atomic mass is 16.3. The van der Waals surface area contributed by atoms with Crippen LogP contribution in [0.25, 0.3) is 110 Å². The third kappa shape index (κ3) is 6.33. The smallest absolute Gasteiger partial charge is 0.135 e. The fourth-order valence-electron chi connectivity index (χ4n) is 12.2. The Kier molecular flexibility index (Phi) is 8.97. The molecule has 3 heterocycles. The van der Waals surface area contributed by atoms with Crippen LogP contribution in [0.4, 0.5) is 17.1 Å². The molecule has 14 aromatic rings. The van der Waals surface area contributed by atoms with Gasteiger partial charge in [-0.3, -0.25) is 0 Å². The summed E-state index contributed by atoms with van der Waals surface area (Å²) in [4.78, 5) is 2.42. The molecule has 0 aliphatic heterocycles. The Balaban J connectivity index is 0.838. The minimum Gasteiger partial charge on any atom is -0.456 e. The SMILES string of the molecule is CC1(C)c2cc(N(c3ccc(-c4ccc5oc6ccccc6c5c4)cc3)c3ccc(-c4ccc5c6ccccc6n(-c6ccccc6)c5c4)cc3)ccc2-c2ccc(-n3c4ccccc4c4ccccc43)cc21. The minimum absolute atomic E-state index is 0.258. The van der Waals surface area contributed by atoms with E-state index in [0.717, 1.165) is 61.4 Å². The van der Waals surface area contributed by atoms with E-state index in [1.54, 1.807) is 0 Å². The largest absolute Gasteiger partial charge is 0.456 e. The molecule has 0 amide bonds. The van der Waals surface area contributed by atoms with E-state index in [4.69, 9.17) is 4.42 Å². The standard InChI is InChI=1S/C69H47N3O/c1-69(2)61-42-51(34-37-53(61)54-38-35-52(43-62(54)69)72-64-21-11-6-16-55(64)56-17-7-12-22-65(56)72)70(49-30-24-44(25-31-49)46-29-39-68-60(40-46)59-19-9-13-23-67(59)73-68)50-32-26-45(27-33-50)47-28-36-58-57-18-8-10-20-63(57)71(66(58)41-47)48-14-4-3-5-15-48/h3-43H,1-2H3. The van der Waals surface area contributed by atoms with Crippen molar-refractivity contribution in [3.63, 3.8) is 0 Å². The first-order chi connectivity index (χ1) is 35.9. The van der Waals surface area contributed by atoms with Crippen LogP contribution in [0, 0.1) is 0 Å². The number of rotatable bonds is 7. The maximum Gasteiger partial charge on any atom is 0.135 e. The van der Waals surface area contributed by atoms with Crippen molar-refractivity contribution in [1.82, 2.24) is 9.13 Å². The molecule has 0 fully saturated rings. The predicted molar refractivity (Wildman–Crippen MR) is 306 cm³/mol. The van der Waals surface area contributed by atoms with Crippen molar-refractivity contribution in [2.75, 3.05) is 4.90 Å². The molecule has 344 valence electrons. The Morgan fingerprint density at radius 3 is 1.42 bits per heavy atom. The van der Waals surface area contributed by atoms with Gasteiger partial charge in [0.1, 0.15) is 11.2 Å². The van der Waals surface area contributed by atoms with Crippen molar-refractivity contribution in [2.24, 2.45) is 0 Å². The number of fused-ring (bicyclic) bond motifs is 12. The molecule has 1 aliphatic rings. The molecule has 73 heavy (non-hydrogen) atoms. The summed E-state index contributed by atoms with van der Waals surface area (Å²) in [7, 11) is 0. The summed E-state index contributed by atoms with van der Waals surface area (Å²) in [6, 6.07) is 91.0. The molecule has 1 aliphatic carbocycles. The van der Waals surface area contributed by atoms with Gasteiger partial charge in [0.15, 0.2) is 0 Å². The first-order valence-corrected chi connectivity index (χ1v) is 25.2. The maximum absolute atomic E-state index is 6.19. The van der Waals surface area contributed by atoms with Crippen molar-refractivity contribution in [3.05, 3.63) is 260 Å². The van der Waals surface area contributed by atoms with Crippen molar-refractivity contribution >= 4 is 82.6 Å². The molecule has 0 saturated heterocycles.